The molecule has 7 nitrogen and oxygen atoms in total. The maximum Gasteiger partial charge on any atom is 0.257 e. The van der Waals surface area contributed by atoms with Crippen LogP contribution in [-0.4, -0.2) is 70.2 Å². The Morgan fingerprint density at radius 2 is 1.93 bits per heavy atom. The molecule has 1 atom stereocenters. The van der Waals surface area contributed by atoms with E-state index in [1.165, 1.54) is 12.1 Å². The summed E-state index contributed by atoms with van der Waals surface area (Å²) in [4.78, 5) is 29.2. The van der Waals surface area contributed by atoms with Crippen LogP contribution in [0.15, 0.2) is 24.3 Å². The second kappa shape index (κ2) is 6.77. The third-order valence-corrected chi connectivity index (χ3v) is 5.36. The first-order valence-electron chi connectivity index (χ1n) is 9.09. The summed E-state index contributed by atoms with van der Waals surface area (Å²) in [5.74, 6) is -0.453. The Morgan fingerprint density at radius 1 is 1.19 bits per heavy atom. The fourth-order valence-electron chi connectivity index (χ4n) is 3.91. The number of fused-ring (bicyclic) bond motifs is 1. The second-order valence-corrected chi connectivity index (χ2v) is 7.03. The number of aryl methyl sites for hydroxylation is 1. The Bertz CT molecular complexity index is 892. The summed E-state index contributed by atoms with van der Waals surface area (Å²) in [5, 5.41) is 7.35. The molecule has 1 aromatic heterocycles. The van der Waals surface area contributed by atoms with Crippen LogP contribution >= 0.6 is 0 Å². The van der Waals surface area contributed by atoms with Crippen LogP contribution in [0.25, 0.3) is 5.69 Å². The average molecular weight is 371 g/mol. The van der Waals surface area contributed by atoms with Crippen LogP contribution in [-0.2, 0) is 4.79 Å². The Kier molecular flexibility index (Phi) is 4.43. The number of aromatic nitrogens is 2. The highest BCUT2D eigenvalue weighted by atomic mass is 19.1. The monoisotopic (exact) mass is 371 g/mol. The van der Waals surface area contributed by atoms with Crippen molar-refractivity contribution in [2.45, 2.75) is 19.9 Å². The molecule has 0 unspecified atom stereocenters. The fourth-order valence-corrected chi connectivity index (χ4v) is 3.91. The van der Waals surface area contributed by atoms with Crippen LogP contribution in [0.2, 0.25) is 0 Å². The molecule has 2 saturated heterocycles. The molecule has 0 bridgehead atoms. The summed E-state index contributed by atoms with van der Waals surface area (Å²) in [6.45, 7) is 6.76. The molecule has 8 heteroatoms. The molecule has 4 rings (SSSR count). The summed E-state index contributed by atoms with van der Waals surface area (Å²) >= 11 is 0. The number of halogens is 1. The second-order valence-electron chi connectivity index (χ2n) is 7.03. The Balaban J connectivity index is 1.61. The van der Waals surface area contributed by atoms with Gasteiger partial charge in [0.2, 0.25) is 5.91 Å². The molecule has 3 heterocycles. The van der Waals surface area contributed by atoms with E-state index in [1.54, 1.807) is 28.6 Å². The number of carbonyl (C=O) groups is 2. The molecule has 0 aliphatic carbocycles. The third kappa shape index (κ3) is 3.10. The van der Waals surface area contributed by atoms with E-state index in [0.717, 1.165) is 6.54 Å². The van der Waals surface area contributed by atoms with E-state index in [0.29, 0.717) is 48.8 Å². The molecule has 2 amide bonds. The minimum Gasteiger partial charge on any atom is -0.353 e. The first-order valence-corrected chi connectivity index (χ1v) is 9.09. The van der Waals surface area contributed by atoms with Gasteiger partial charge in [-0.05, 0) is 38.1 Å². The van der Waals surface area contributed by atoms with Crippen LogP contribution in [0, 0.1) is 19.7 Å². The molecular formula is C19H22FN5O2. The van der Waals surface area contributed by atoms with Crippen molar-refractivity contribution in [3.63, 3.8) is 0 Å². The molecular weight excluding hydrogens is 349 g/mol. The lowest BCUT2D eigenvalue weighted by molar-refractivity contribution is -0.131. The quantitative estimate of drug-likeness (QED) is 0.851. The molecule has 2 fully saturated rings. The van der Waals surface area contributed by atoms with Crippen molar-refractivity contribution in [1.82, 2.24) is 24.9 Å². The molecule has 27 heavy (non-hydrogen) atoms. The largest absolute Gasteiger partial charge is 0.353 e. The summed E-state index contributed by atoms with van der Waals surface area (Å²) in [5.41, 5.74) is 2.58. The smallest absolute Gasteiger partial charge is 0.257 e. The van der Waals surface area contributed by atoms with Crippen LogP contribution in [0.4, 0.5) is 4.39 Å². The van der Waals surface area contributed by atoms with Gasteiger partial charge in [0, 0.05) is 32.7 Å². The standard InChI is InChI=1S/C19H22FN5O2/c1-12-17(13(2)25(22-12)15-5-3-14(20)4-6-15)19(27)24-10-9-23-8-7-21-18(26)16(23)11-24/h3-6,16H,7-11H2,1-2H3,(H,21,26)/t16-/m0/s1. The zero-order valence-electron chi connectivity index (χ0n) is 15.4. The Labute approximate surface area is 156 Å². The minimum absolute atomic E-state index is 0.0193. The predicted octanol–water partition coefficient (Wildman–Crippen LogP) is 0.884. The van der Waals surface area contributed by atoms with Gasteiger partial charge in [-0.15, -0.1) is 0 Å². The molecule has 0 radical (unpaired) electrons. The van der Waals surface area contributed by atoms with E-state index in [-0.39, 0.29) is 23.7 Å². The van der Waals surface area contributed by atoms with Gasteiger partial charge < -0.3 is 10.2 Å². The van der Waals surface area contributed by atoms with Crippen molar-refractivity contribution in [2.24, 2.45) is 0 Å². The van der Waals surface area contributed by atoms with E-state index >= 15 is 0 Å². The lowest BCUT2D eigenvalue weighted by atomic mass is 10.1. The van der Waals surface area contributed by atoms with Gasteiger partial charge in [-0.3, -0.25) is 14.5 Å². The normalized spacial score (nSPS) is 20.3. The van der Waals surface area contributed by atoms with Crippen LogP contribution in [0.3, 0.4) is 0 Å². The van der Waals surface area contributed by atoms with Crippen molar-refractivity contribution < 1.29 is 14.0 Å². The van der Waals surface area contributed by atoms with Crippen LogP contribution < -0.4 is 5.32 Å². The molecule has 1 aromatic carbocycles. The zero-order valence-corrected chi connectivity index (χ0v) is 15.4. The zero-order chi connectivity index (χ0) is 19.1. The molecule has 142 valence electrons. The van der Waals surface area contributed by atoms with Crippen LogP contribution in [0.1, 0.15) is 21.7 Å². The van der Waals surface area contributed by atoms with Crippen molar-refractivity contribution >= 4 is 11.8 Å². The van der Waals surface area contributed by atoms with Crippen molar-refractivity contribution in [3.05, 3.63) is 47.0 Å². The van der Waals surface area contributed by atoms with Gasteiger partial charge in [-0.2, -0.15) is 5.10 Å². The number of rotatable bonds is 2. The van der Waals surface area contributed by atoms with Gasteiger partial charge in [-0.25, -0.2) is 9.07 Å². The third-order valence-electron chi connectivity index (χ3n) is 5.36. The van der Waals surface area contributed by atoms with Crippen molar-refractivity contribution in [2.75, 3.05) is 32.7 Å². The molecule has 0 spiro atoms. The number of hydrogen-bond acceptors (Lipinski definition) is 4. The van der Waals surface area contributed by atoms with Gasteiger partial charge in [0.1, 0.15) is 11.9 Å². The summed E-state index contributed by atoms with van der Waals surface area (Å²) in [6.07, 6.45) is 0. The molecule has 2 aliphatic heterocycles. The number of amides is 2. The van der Waals surface area contributed by atoms with Gasteiger partial charge in [0.25, 0.3) is 5.91 Å². The lowest BCUT2D eigenvalue weighted by Crippen LogP contribution is -2.64. The number of nitrogens with zero attached hydrogens (tertiary/aromatic N) is 4. The molecule has 0 saturated carbocycles. The van der Waals surface area contributed by atoms with Gasteiger partial charge in [0.15, 0.2) is 0 Å². The van der Waals surface area contributed by atoms with Gasteiger partial charge >= 0.3 is 0 Å². The van der Waals surface area contributed by atoms with E-state index in [9.17, 15) is 14.0 Å². The van der Waals surface area contributed by atoms with Crippen molar-refractivity contribution in [3.8, 4) is 5.69 Å². The van der Waals surface area contributed by atoms with Gasteiger partial charge in [0.05, 0.1) is 22.6 Å². The summed E-state index contributed by atoms with van der Waals surface area (Å²) in [7, 11) is 0. The number of piperazine rings is 2. The lowest BCUT2D eigenvalue weighted by Gasteiger charge is -2.43. The van der Waals surface area contributed by atoms with E-state index in [2.05, 4.69) is 15.3 Å². The minimum atomic E-state index is -0.319. The Morgan fingerprint density at radius 3 is 2.67 bits per heavy atom. The molecule has 1 N–H and O–H groups in total. The number of benzene rings is 1. The Hall–Kier alpha value is -2.74. The first-order chi connectivity index (χ1) is 13.0. The van der Waals surface area contributed by atoms with Gasteiger partial charge in [-0.1, -0.05) is 0 Å². The number of nitrogens with one attached hydrogen (secondary N) is 1. The SMILES string of the molecule is Cc1nn(-c2ccc(F)cc2)c(C)c1C(=O)N1CCN2CCNC(=O)[C@@H]2C1. The highest BCUT2D eigenvalue weighted by Crippen LogP contribution is 2.22. The van der Waals surface area contributed by atoms with E-state index < -0.39 is 0 Å². The topological polar surface area (TPSA) is 70.5 Å². The highest BCUT2D eigenvalue weighted by Gasteiger charge is 2.37. The molecule has 2 aromatic rings. The predicted molar refractivity (Wildman–Crippen MR) is 97.3 cm³/mol. The number of hydrogen-bond donors (Lipinski definition) is 1. The number of carbonyl (C=O) groups excluding carboxylic acids is 2. The van der Waals surface area contributed by atoms with Crippen molar-refractivity contribution in [1.29, 1.82) is 0 Å². The fraction of sp³-hybridized carbons (Fsp3) is 0.421. The maximum atomic E-state index is 13.2. The summed E-state index contributed by atoms with van der Waals surface area (Å²) in [6, 6.07) is 5.72. The maximum absolute atomic E-state index is 13.2. The van der Waals surface area contributed by atoms with E-state index in [1.807, 2.05) is 6.92 Å². The van der Waals surface area contributed by atoms with E-state index in [4.69, 9.17) is 0 Å². The average Bonchev–Trinajstić information content (AvgIpc) is 2.96. The highest BCUT2D eigenvalue weighted by molar-refractivity contribution is 5.97. The molecule has 2 aliphatic rings. The summed E-state index contributed by atoms with van der Waals surface area (Å²) < 4.78 is 14.9. The first kappa shape index (κ1) is 17.7. The van der Waals surface area contributed by atoms with Crippen LogP contribution in [0.5, 0.6) is 0 Å².